The number of hydrogen-bond acceptors (Lipinski definition) is 4. The van der Waals surface area contributed by atoms with Gasteiger partial charge in [0.1, 0.15) is 0 Å². The molecule has 5 heteroatoms. The zero-order valence-corrected chi connectivity index (χ0v) is 13.0. The number of nitriles is 1. The second-order valence-electron chi connectivity index (χ2n) is 5.68. The minimum Gasteiger partial charge on any atom is -0.397 e. The predicted octanol–water partition coefficient (Wildman–Crippen LogP) is 2.39. The van der Waals surface area contributed by atoms with Crippen LogP contribution >= 0.6 is 0 Å². The topological polar surface area (TPSA) is 82.2 Å². The highest BCUT2D eigenvalue weighted by Gasteiger charge is 2.13. The van der Waals surface area contributed by atoms with Crippen molar-refractivity contribution >= 4 is 17.3 Å². The fraction of sp³-hybridized carbons (Fsp3) is 0.500. The van der Waals surface area contributed by atoms with Crippen molar-refractivity contribution in [1.82, 2.24) is 4.90 Å². The third kappa shape index (κ3) is 6.28. The molecule has 21 heavy (non-hydrogen) atoms. The minimum absolute atomic E-state index is 0.107. The molecule has 0 aliphatic carbocycles. The molecule has 0 saturated carbocycles. The summed E-state index contributed by atoms with van der Waals surface area (Å²) in [5.74, 6) is 0.338. The Morgan fingerprint density at radius 2 is 2.19 bits per heavy atom. The van der Waals surface area contributed by atoms with Crippen LogP contribution in [0.3, 0.4) is 0 Å². The zero-order valence-electron chi connectivity index (χ0n) is 13.0. The monoisotopic (exact) mass is 288 g/mol. The minimum atomic E-state index is -0.107. The van der Waals surface area contributed by atoms with Crippen molar-refractivity contribution < 1.29 is 4.79 Å². The number of hydrogen-bond donors (Lipinski definition) is 2. The number of carbonyl (C=O) groups is 1. The number of rotatable bonds is 7. The molecule has 0 saturated heterocycles. The highest BCUT2D eigenvalue weighted by atomic mass is 16.2. The van der Waals surface area contributed by atoms with Gasteiger partial charge in [0, 0.05) is 19.5 Å². The van der Waals surface area contributed by atoms with Gasteiger partial charge in [-0.2, -0.15) is 5.26 Å². The van der Waals surface area contributed by atoms with Crippen LogP contribution in [-0.4, -0.2) is 30.4 Å². The van der Waals surface area contributed by atoms with E-state index in [1.165, 1.54) is 0 Å². The van der Waals surface area contributed by atoms with Crippen LogP contribution in [0.2, 0.25) is 0 Å². The van der Waals surface area contributed by atoms with Gasteiger partial charge in [-0.3, -0.25) is 9.69 Å². The summed E-state index contributed by atoms with van der Waals surface area (Å²) in [5, 5.41) is 11.5. The predicted molar refractivity (Wildman–Crippen MR) is 85.7 cm³/mol. The van der Waals surface area contributed by atoms with Crippen LogP contribution in [0.25, 0.3) is 0 Å². The Bertz CT molecular complexity index is 519. The number of carbonyl (C=O) groups excluding carboxylic acids is 1. The molecule has 5 nitrogen and oxygen atoms in total. The first-order valence-corrected chi connectivity index (χ1v) is 7.17. The fourth-order valence-electron chi connectivity index (χ4n) is 2.15. The number of anilines is 2. The highest BCUT2D eigenvalue weighted by Crippen LogP contribution is 2.19. The first kappa shape index (κ1) is 17.0. The maximum absolute atomic E-state index is 12.1. The molecular formula is C16H24N4O. The van der Waals surface area contributed by atoms with E-state index in [1.54, 1.807) is 0 Å². The molecule has 1 rings (SSSR count). The van der Waals surface area contributed by atoms with Gasteiger partial charge in [-0.05, 0) is 30.5 Å². The van der Waals surface area contributed by atoms with Gasteiger partial charge in [0.2, 0.25) is 5.91 Å². The van der Waals surface area contributed by atoms with E-state index in [-0.39, 0.29) is 12.5 Å². The van der Waals surface area contributed by atoms with Crippen molar-refractivity contribution in [2.24, 2.45) is 5.92 Å². The Labute approximate surface area is 126 Å². The Morgan fingerprint density at radius 1 is 1.48 bits per heavy atom. The standard InChI is InChI=1S/C16H24N4O/c1-12(2)10-20(8-4-7-17)11-16(21)19-15-6-5-13(3)9-14(15)18/h5-6,9,12H,4,8,10-11,18H2,1-3H3,(H,19,21). The van der Waals surface area contributed by atoms with Crippen molar-refractivity contribution in [3.8, 4) is 6.07 Å². The lowest BCUT2D eigenvalue weighted by Gasteiger charge is -2.22. The molecule has 3 N–H and O–H groups in total. The number of aryl methyl sites for hydroxylation is 1. The molecule has 0 fully saturated rings. The third-order valence-corrected chi connectivity index (χ3v) is 3.01. The summed E-state index contributed by atoms with van der Waals surface area (Å²) in [6.07, 6.45) is 0.423. The van der Waals surface area contributed by atoms with Crippen molar-refractivity contribution in [2.75, 3.05) is 30.7 Å². The SMILES string of the molecule is Cc1ccc(NC(=O)CN(CCC#N)CC(C)C)c(N)c1. The number of benzene rings is 1. The number of nitrogen functional groups attached to an aromatic ring is 1. The summed E-state index contributed by atoms with van der Waals surface area (Å²) >= 11 is 0. The van der Waals surface area contributed by atoms with Gasteiger partial charge in [-0.1, -0.05) is 19.9 Å². The first-order chi connectivity index (χ1) is 9.92. The van der Waals surface area contributed by atoms with E-state index < -0.39 is 0 Å². The largest absolute Gasteiger partial charge is 0.397 e. The summed E-state index contributed by atoms with van der Waals surface area (Å²) in [6.45, 7) is 7.80. The molecule has 0 radical (unpaired) electrons. The molecule has 0 bridgehead atoms. The Morgan fingerprint density at radius 3 is 2.76 bits per heavy atom. The van der Waals surface area contributed by atoms with Crippen molar-refractivity contribution in [3.05, 3.63) is 23.8 Å². The van der Waals surface area contributed by atoms with Crippen LogP contribution < -0.4 is 11.1 Å². The van der Waals surface area contributed by atoms with E-state index in [9.17, 15) is 4.79 Å². The van der Waals surface area contributed by atoms with Crippen molar-refractivity contribution in [2.45, 2.75) is 27.2 Å². The second kappa shape index (κ2) is 8.28. The van der Waals surface area contributed by atoms with E-state index >= 15 is 0 Å². The molecule has 1 amide bonds. The summed E-state index contributed by atoms with van der Waals surface area (Å²) in [6, 6.07) is 7.67. The maximum atomic E-state index is 12.1. The van der Waals surface area contributed by atoms with Crippen LogP contribution in [-0.2, 0) is 4.79 Å². The molecule has 0 unspecified atom stereocenters. The smallest absolute Gasteiger partial charge is 0.238 e. The van der Waals surface area contributed by atoms with Gasteiger partial charge in [0.05, 0.1) is 24.0 Å². The quantitative estimate of drug-likeness (QED) is 0.755. The number of nitrogens with zero attached hydrogens (tertiary/aromatic N) is 2. The number of nitrogens with one attached hydrogen (secondary N) is 1. The van der Waals surface area contributed by atoms with E-state index in [0.29, 0.717) is 30.3 Å². The molecule has 0 atom stereocenters. The van der Waals surface area contributed by atoms with Crippen LogP contribution in [0.1, 0.15) is 25.8 Å². The molecular weight excluding hydrogens is 264 g/mol. The van der Waals surface area contributed by atoms with E-state index in [2.05, 4.69) is 25.2 Å². The summed E-state index contributed by atoms with van der Waals surface area (Å²) in [5.41, 5.74) is 8.15. The molecule has 0 aromatic heterocycles. The summed E-state index contributed by atoms with van der Waals surface area (Å²) < 4.78 is 0. The fourth-order valence-corrected chi connectivity index (χ4v) is 2.15. The van der Waals surface area contributed by atoms with E-state index in [0.717, 1.165) is 12.1 Å². The molecule has 1 aromatic rings. The Kier molecular flexibility index (Phi) is 6.70. The van der Waals surface area contributed by atoms with Crippen LogP contribution in [0.4, 0.5) is 11.4 Å². The molecule has 114 valence electrons. The molecule has 1 aromatic carbocycles. The van der Waals surface area contributed by atoms with Gasteiger partial charge in [0.25, 0.3) is 0 Å². The molecule has 0 heterocycles. The molecule has 0 aliphatic heterocycles. The summed E-state index contributed by atoms with van der Waals surface area (Å²) in [7, 11) is 0. The van der Waals surface area contributed by atoms with E-state index in [1.807, 2.05) is 30.0 Å². The van der Waals surface area contributed by atoms with Crippen LogP contribution in [0, 0.1) is 24.2 Å². The third-order valence-electron chi connectivity index (χ3n) is 3.01. The van der Waals surface area contributed by atoms with Gasteiger partial charge in [0.15, 0.2) is 0 Å². The van der Waals surface area contributed by atoms with Crippen LogP contribution in [0.5, 0.6) is 0 Å². The average molecular weight is 288 g/mol. The molecule has 0 aliphatic rings. The first-order valence-electron chi connectivity index (χ1n) is 7.17. The Balaban J connectivity index is 2.62. The van der Waals surface area contributed by atoms with Gasteiger partial charge in [-0.25, -0.2) is 0 Å². The van der Waals surface area contributed by atoms with Gasteiger partial charge in [-0.15, -0.1) is 0 Å². The lowest BCUT2D eigenvalue weighted by molar-refractivity contribution is -0.117. The van der Waals surface area contributed by atoms with Crippen LogP contribution in [0.15, 0.2) is 18.2 Å². The maximum Gasteiger partial charge on any atom is 0.238 e. The second-order valence-corrected chi connectivity index (χ2v) is 5.68. The lowest BCUT2D eigenvalue weighted by atomic mass is 10.2. The number of amides is 1. The van der Waals surface area contributed by atoms with Gasteiger partial charge >= 0.3 is 0 Å². The average Bonchev–Trinajstić information content (AvgIpc) is 2.38. The van der Waals surface area contributed by atoms with Crippen molar-refractivity contribution in [3.63, 3.8) is 0 Å². The van der Waals surface area contributed by atoms with E-state index in [4.69, 9.17) is 11.0 Å². The highest BCUT2D eigenvalue weighted by molar-refractivity contribution is 5.95. The Hall–Kier alpha value is -2.06. The number of nitrogens with two attached hydrogens (primary N) is 1. The normalized spacial score (nSPS) is 10.7. The van der Waals surface area contributed by atoms with Gasteiger partial charge < -0.3 is 11.1 Å². The zero-order chi connectivity index (χ0) is 15.8. The molecule has 0 spiro atoms. The van der Waals surface area contributed by atoms with Crippen molar-refractivity contribution in [1.29, 1.82) is 5.26 Å². The summed E-state index contributed by atoms with van der Waals surface area (Å²) in [4.78, 5) is 14.1. The lowest BCUT2D eigenvalue weighted by Crippen LogP contribution is -2.36.